The van der Waals surface area contributed by atoms with Gasteiger partial charge in [-0.3, -0.25) is 9.59 Å². The smallest absolute Gasteiger partial charge is 0.320 e. The molecule has 1 saturated carbocycles. The zero-order valence-corrected chi connectivity index (χ0v) is 14.1. The number of anilines is 2. The maximum Gasteiger partial charge on any atom is 0.320 e. The number of para-hydroxylation sites is 1. The summed E-state index contributed by atoms with van der Waals surface area (Å²) in [5.74, 6) is -1.17. The van der Waals surface area contributed by atoms with Gasteiger partial charge in [0.15, 0.2) is 0 Å². The van der Waals surface area contributed by atoms with Gasteiger partial charge in [0.05, 0.1) is 11.1 Å². The molecule has 0 bridgehead atoms. The molecule has 4 rings (SSSR count). The van der Waals surface area contributed by atoms with Crippen LogP contribution in [0, 0.1) is 5.82 Å². The third kappa shape index (κ3) is 2.57. The van der Waals surface area contributed by atoms with E-state index in [0.29, 0.717) is 31.5 Å². The summed E-state index contributed by atoms with van der Waals surface area (Å²) in [7, 11) is 0. The van der Waals surface area contributed by atoms with E-state index in [1.54, 1.807) is 6.07 Å². The van der Waals surface area contributed by atoms with Crippen LogP contribution in [-0.2, 0) is 21.4 Å². The van der Waals surface area contributed by atoms with Crippen LogP contribution in [0.4, 0.5) is 15.8 Å². The first-order valence-corrected chi connectivity index (χ1v) is 8.59. The minimum Gasteiger partial charge on any atom is -0.480 e. The van der Waals surface area contributed by atoms with Crippen LogP contribution in [0.25, 0.3) is 0 Å². The van der Waals surface area contributed by atoms with Gasteiger partial charge in [-0.05, 0) is 42.2 Å². The Kier molecular flexibility index (Phi) is 3.80. The number of aliphatic carboxylic acids is 1. The number of Topliss-reactive ketones (excluding diaryl/α,β-unsaturated/α-hetero) is 1. The van der Waals surface area contributed by atoms with E-state index in [4.69, 9.17) is 10.8 Å². The topological polar surface area (TPSA) is 83.6 Å². The van der Waals surface area contributed by atoms with Crippen LogP contribution in [0.15, 0.2) is 42.5 Å². The van der Waals surface area contributed by atoms with E-state index in [1.165, 1.54) is 6.07 Å². The lowest BCUT2D eigenvalue weighted by atomic mass is 9.98. The molecule has 134 valence electrons. The highest BCUT2D eigenvalue weighted by Crippen LogP contribution is 2.55. The summed E-state index contributed by atoms with van der Waals surface area (Å²) >= 11 is 0. The fraction of sp³-hybridized carbons (Fsp3) is 0.300. The van der Waals surface area contributed by atoms with Gasteiger partial charge in [0.25, 0.3) is 0 Å². The fourth-order valence-electron chi connectivity index (χ4n) is 3.74. The van der Waals surface area contributed by atoms with E-state index < -0.39 is 17.4 Å². The lowest BCUT2D eigenvalue weighted by Crippen LogP contribution is -2.30. The minimum absolute atomic E-state index is 0.158. The number of rotatable bonds is 5. The molecule has 2 atom stereocenters. The Hall–Kier alpha value is -2.73. The van der Waals surface area contributed by atoms with E-state index in [2.05, 4.69) is 0 Å². The molecule has 2 aliphatic rings. The molecular formula is C20H19FN2O3. The standard InChI is InChI=1S/C20H19FN2O3/c21-15-3-1-2-14-18(15)23(11-20(14)10-17(20)24)13-7-4-12(5-8-13)6-9-16(22)19(25)26/h1-5,7-8,16H,6,9-11,22H2,(H,25,26)/t16-,20?/m0/s1. The van der Waals surface area contributed by atoms with Gasteiger partial charge in [-0.25, -0.2) is 4.39 Å². The number of halogens is 1. The van der Waals surface area contributed by atoms with Crippen LogP contribution in [0.5, 0.6) is 0 Å². The van der Waals surface area contributed by atoms with Crippen molar-refractivity contribution in [3.05, 3.63) is 59.4 Å². The first kappa shape index (κ1) is 16.7. The van der Waals surface area contributed by atoms with E-state index >= 15 is 0 Å². The molecule has 1 unspecified atom stereocenters. The average molecular weight is 354 g/mol. The van der Waals surface area contributed by atoms with Gasteiger partial charge in [-0.15, -0.1) is 0 Å². The summed E-state index contributed by atoms with van der Waals surface area (Å²) in [6.07, 6.45) is 1.37. The van der Waals surface area contributed by atoms with Crippen molar-refractivity contribution in [3.63, 3.8) is 0 Å². The lowest BCUT2D eigenvalue weighted by Gasteiger charge is -2.20. The average Bonchev–Trinajstić information content (AvgIpc) is 3.14. The highest BCUT2D eigenvalue weighted by molar-refractivity contribution is 6.10. The fourth-order valence-corrected chi connectivity index (χ4v) is 3.74. The molecule has 1 spiro atoms. The quantitative estimate of drug-likeness (QED) is 0.862. The number of hydrogen-bond donors (Lipinski definition) is 2. The molecule has 0 aromatic heterocycles. The molecule has 1 fully saturated rings. The number of ketones is 1. The summed E-state index contributed by atoms with van der Waals surface area (Å²) in [5.41, 5.74) is 8.03. The molecular weight excluding hydrogens is 335 g/mol. The maximum absolute atomic E-state index is 14.5. The van der Waals surface area contributed by atoms with E-state index in [0.717, 1.165) is 16.8 Å². The largest absolute Gasteiger partial charge is 0.480 e. The molecule has 1 heterocycles. The number of aryl methyl sites for hydroxylation is 1. The number of carbonyl (C=O) groups is 2. The second-order valence-electron chi connectivity index (χ2n) is 7.05. The van der Waals surface area contributed by atoms with Crippen LogP contribution in [0.3, 0.4) is 0 Å². The number of benzene rings is 2. The van der Waals surface area contributed by atoms with Crippen molar-refractivity contribution in [1.82, 2.24) is 0 Å². The van der Waals surface area contributed by atoms with Crippen molar-refractivity contribution in [2.24, 2.45) is 5.73 Å². The van der Waals surface area contributed by atoms with Crippen LogP contribution in [-0.4, -0.2) is 29.4 Å². The molecule has 3 N–H and O–H groups in total. The second kappa shape index (κ2) is 5.92. The Morgan fingerprint density at radius 3 is 2.58 bits per heavy atom. The number of carboxylic acid groups (broad SMARTS) is 1. The van der Waals surface area contributed by atoms with Crippen molar-refractivity contribution in [2.75, 3.05) is 11.4 Å². The zero-order valence-electron chi connectivity index (χ0n) is 14.1. The predicted octanol–water partition coefficient (Wildman–Crippen LogP) is 2.53. The Balaban J connectivity index is 1.58. The van der Waals surface area contributed by atoms with E-state index in [-0.39, 0.29) is 11.6 Å². The Bertz CT molecular complexity index is 896. The van der Waals surface area contributed by atoms with E-state index in [9.17, 15) is 14.0 Å². The zero-order chi connectivity index (χ0) is 18.5. The van der Waals surface area contributed by atoms with Crippen molar-refractivity contribution < 1.29 is 19.1 Å². The number of nitrogens with zero attached hydrogens (tertiary/aromatic N) is 1. The van der Waals surface area contributed by atoms with Crippen LogP contribution >= 0.6 is 0 Å². The highest BCUT2D eigenvalue weighted by Gasteiger charge is 2.61. The number of fused-ring (bicyclic) bond motifs is 2. The van der Waals surface area contributed by atoms with Crippen molar-refractivity contribution in [3.8, 4) is 0 Å². The number of hydrogen-bond acceptors (Lipinski definition) is 4. The number of nitrogens with two attached hydrogens (primary N) is 1. The van der Waals surface area contributed by atoms with Crippen molar-refractivity contribution >= 4 is 23.1 Å². The SMILES string of the molecule is N[C@@H](CCc1ccc(N2CC3(CC3=O)c3cccc(F)c32)cc1)C(=O)O. The van der Waals surface area contributed by atoms with Crippen LogP contribution in [0.1, 0.15) is 24.0 Å². The van der Waals surface area contributed by atoms with Crippen LogP contribution in [0.2, 0.25) is 0 Å². The predicted molar refractivity (Wildman–Crippen MR) is 95.1 cm³/mol. The second-order valence-corrected chi connectivity index (χ2v) is 7.05. The first-order valence-electron chi connectivity index (χ1n) is 8.59. The summed E-state index contributed by atoms with van der Waals surface area (Å²) in [4.78, 5) is 24.7. The normalized spacial score (nSPS) is 21.8. The minimum atomic E-state index is -1.01. The third-order valence-electron chi connectivity index (χ3n) is 5.38. The molecule has 2 aromatic rings. The molecule has 5 nitrogen and oxygen atoms in total. The highest BCUT2D eigenvalue weighted by atomic mass is 19.1. The lowest BCUT2D eigenvalue weighted by molar-refractivity contribution is -0.138. The Morgan fingerprint density at radius 2 is 1.96 bits per heavy atom. The molecule has 1 aliphatic heterocycles. The van der Waals surface area contributed by atoms with Crippen molar-refractivity contribution in [2.45, 2.75) is 30.7 Å². The molecule has 26 heavy (non-hydrogen) atoms. The van der Waals surface area contributed by atoms with Gasteiger partial charge >= 0.3 is 5.97 Å². The Labute approximate surface area is 150 Å². The summed E-state index contributed by atoms with van der Waals surface area (Å²) in [6.45, 7) is 0.464. The molecule has 0 amide bonds. The monoisotopic (exact) mass is 354 g/mol. The summed E-state index contributed by atoms with van der Waals surface area (Å²) in [5, 5.41) is 8.85. The van der Waals surface area contributed by atoms with Gasteiger partial charge in [0, 0.05) is 18.7 Å². The summed E-state index contributed by atoms with van der Waals surface area (Å²) < 4.78 is 14.5. The third-order valence-corrected chi connectivity index (χ3v) is 5.38. The van der Waals surface area contributed by atoms with Crippen LogP contribution < -0.4 is 10.6 Å². The molecule has 1 aliphatic carbocycles. The summed E-state index contributed by atoms with van der Waals surface area (Å²) in [6, 6.07) is 11.6. The number of carboxylic acids is 1. The van der Waals surface area contributed by atoms with Gasteiger partial charge in [0.1, 0.15) is 17.6 Å². The first-order chi connectivity index (χ1) is 12.4. The van der Waals surface area contributed by atoms with Gasteiger partial charge in [0.2, 0.25) is 0 Å². The number of carbonyl (C=O) groups excluding carboxylic acids is 1. The van der Waals surface area contributed by atoms with Gasteiger partial charge < -0.3 is 15.7 Å². The maximum atomic E-state index is 14.5. The molecule has 0 radical (unpaired) electrons. The van der Waals surface area contributed by atoms with Gasteiger partial charge in [-0.1, -0.05) is 24.3 Å². The Morgan fingerprint density at radius 1 is 1.27 bits per heavy atom. The molecule has 6 heteroatoms. The van der Waals surface area contributed by atoms with Gasteiger partial charge in [-0.2, -0.15) is 0 Å². The van der Waals surface area contributed by atoms with Crippen molar-refractivity contribution in [1.29, 1.82) is 0 Å². The van der Waals surface area contributed by atoms with E-state index in [1.807, 2.05) is 35.2 Å². The molecule has 0 saturated heterocycles. The molecule has 2 aromatic carbocycles.